The molecule has 3 atom stereocenters. The predicted molar refractivity (Wildman–Crippen MR) is 99.6 cm³/mol. The second-order valence-corrected chi connectivity index (χ2v) is 9.75. The summed E-state index contributed by atoms with van der Waals surface area (Å²) in [7, 11) is 1.83. The van der Waals surface area contributed by atoms with Crippen LogP contribution in [-0.4, -0.2) is 41.8 Å². The third kappa shape index (κ3) is 3.59. The molecule has 5 heteroatoms. The highest BCUT2D eigenvalue weighted by atomic mass is 16.6. The van der Waals surface area contributed by atoms with Crippen LogP contribution in [0.1, 0.15) is 72.6 Å². The van der Waals surface area contributed by atoms with Gasteiger partial charge < -0.3 is 14.4 Å². The van der Waals surface area contributed by atoms with E-state index in [9.17, 15) is 9.59 Å². The average molecular weight is 366 g/mol. The first-order chi connectivity index (χ1) is 12.2. The third-order valence-corrected chi connectivity index (χ3v) is 6.60. The van der Waals surface area contributed by atoms with Crippen molar-refractivity contribution in [2.45, 2.75) is 83.8 Å². The van der Waals surface area contributed by atoms with Gasteiger partial charge in [-0.05, 0) is 77.0 Å². The number of amides is 1. The Morgan fingerprint density at radius 1 is 1.12 bits per heavy atom. The standard InChI is InChI=1S/C21H35NO4/c1-6-7-8-25-18(23)17-16-10-14-9-15(11-16)13-21(17,12-14)22(5)19(24)26-20(2,3)4/h14-17H,6-13H2,1-5H3. The molecule has 0 saturated heterocycles. The minimum Gasteiger partial charge on any atom is -0.465 e. The van der Waals surface area contributed by atoms with Gasteiger partial charge in [-0.3, -0.25) is 4.79 Å². The molecule has 0 radical (unpaired) electrons. The molecular formula is C21H35NO4. The highest BCUT2D eigenvalue weighted by Crippen LogP contribution is 2.60. The van der Waals surface area contributed by atoms with E-state index in [1.165, 1.54) is 6.42 Å². The average Bonchev–Trinajstić information content (AvgIpc) is 2.51. The van der Waals surface area contributed by atoms with E-state index in [-0.39, 0.29) is 18.0 Å². The van der Waals surface area contributed by atoms with Crippen molar-refractivity contribution >= 4 is 12.1 Å². The SMILES string of the molecule is CCCCOC(=O)C1C2CC3CC(C2)CC1(N(C)C(=O)OC(C)(C)C)C3. The van der Waals surface area contributed by atoms with E-state index in [0.29, 0.717) is 24.4 Å². The number of hydrogen-bond donors (Lipinski definition) is 0. The Labute approximate surface area is 157 Å². The zero-order chi connectivity index (χ0) is 19.1. The molecule has 4 aliphatic carbocycles. The summed E-state index contributed by atoms with van der Waals surface area (Å²) in [6.07, 6.45) is 6.86. The first-order valence-electron chi connectivity index (χ1n) is 10.3. The summed E-state index contributed by atoms with van der Waals surface area (Å²) < 4.78 is 11.3. The normalized spacial score (nSPS) is 35.3. The van der Waals surface area contributed by atoms with E-state index < -0.39 is 11.1 Å². The number of carbonyl (C=O) groups excluding carboxylic acids is 2. The van der Waals surface area contributed by atoms with Crippen LogP contribution in [0.5, 0.6) is 0 Å². The lowest BCUT2D eigenvalue weighted by atomic mass is 9.48. The molecule has 0 aromatic rings. The third-order valence-electron chi connectivity index (χ3n) is 6.60. The molecule has 4 fully saturated rings. The molecule has 148 valence electrons. The van der Waals surface area contributed by atoms with Crippen LogP contribution >= 0.6 is 0 Å². The first kappa shape index (κ1) is 19.5. The van der Waals surface area contributed by atoms with Gasteiger partial charge in [0.25, 0.3) is 0 Å². The highest BCUT2D eigenvalue weighted by Gasteiger charge is 2.63. The molecule has 5 nitrogen and oxygen atoms in total. The van der Waals surface area contributed by atoms with E-state index in [1.807, 2.05) is 27.8 Å². The van der Waals surface area contributed by atoms with Crippen molar-refractivity contribution in [3.8, 4) is 0 Å². The minimum absolute atomic E-state index is 0.0994. The summed E-state index contributed by atoms with van der Waals surface area (Å²) in [4.78, 5) is 27.6. The van der Waals surface area contributed by atoms with Crippen molar-refractivity contribution in [3.63, 3.8) is 0 Å². The summed E-state index contributed by atoms with van der Waals surface area (Å²) in [6, 6.07) is 0. The van der Waals surface area contributed by atoms with Crippen LogP contribution in [0.3, 0.4) is 0 Å². The van der Waals surface area contributed by atoms with Gasteiger partial charge in [-0.1, -0.05) is 13.3 Å². The summed E-state index contributed by atoms with van der Waals surface area (Å²) in [6.45, 7) is 8.23. The Morgan fingerprint density at radius 3 is 2.27 bits per heavy atom. The van der Waals surface area contributed by atoms with E-state index in [0.717, 1.165) is 38.5 Å². The van der Waals surface area contributed by atoms with Gasteiger partial charge in [-0.15, -0.1) is 0 Å². The van der Waals surface area contributed by atoms with Crippen LogP contribution < -0.4 is 0 Å². The molecule has 4 rings (SSSR count). The molecule has 0 aliphatic heterocycles. The van der Waals surface area contributed by atoms with Crippen molar-refractivity contribution in [2.24, 2.45) is 23.7 Å². The van der Waals surface area contributed by atoms with Crippen molar-refractivity contribution in [1.29, 1.82) is 0 Å². The zero-order valence-electron chi connectivity index (χ0n) is 17.0. The fraction of sp³-hybridized carbons (Fsp3) is 0.905. The molecule has 0 aromatic carbocycles. The molecular weight excluding hydrogens is 330 g/mol. The molecule has 1 amide bonds. The van der Waals surface area contributed by atoms with Gasteiger partial charge >= 0.3 is 12.1 Å². The number of ether oxygens (including phenoxy) is 2. The Morgan fingerprint density at radius 2 is 1.73 bits per heavy atom. The number of esters is 1. The van der Waals surface area contributed by atoms with Crippen LogP contribution in [0.15, 0.2) is 0 Å². The number of unbranched alkanes of at least 4 members (excludes halogenated alkanes) is 1. The van der Waals surface area contributed by atoms with Crippen LogP contribution in [-0.2, 0) is 14.3 Å². The lowest BCUT2D eigenvalue weighted by molar-refractivity contribution is -0.177. The second-order valence-electron chi connectivity index (χ2n) is 9.75. The van der Waals surface area contributed by atoms with Crippen LogP contribution in [0.2, 0.25) is 0 Å². The molecule has 0 N–H and O–H groups in total. The molecule has 3 unspecified atom stereocenters. The monoisotopic (exact) mass is 365 g/mol. The van der Waals surface area contributed by atoms with Gasteiger partial charge in [0.2, 0.25) is 0 Å². The van der Waals surface area contributed by atoms with Gasteiger partial charge in [0.15, 0.2) is 0 Å². The summed E-state index contributed by atoms with van der Waals surface area (Å²) in [5, 5.41) is 0. The number of rotatable bonds is 5. The molecule has 0 spiro atoms. The van der Waals surface area contributed by atoms with Gasteiger partial charge in [0, 0.05) is 7.05 Å². The van der Waals surface area contributed by atoms with Crippen LogP contribution in [0, 0.1) is 23.7 Å². The second kappa shape index (κ2) is 7.05. The largest absolute Gasteiger partial charge is 0.465 e. The quantitative estimate of drug-likeness (QED) is 0.535. The molecule has 0 heterocycles. The van der Waals surface area contributed by atoms with Gasteiger partial charge in [-0.2, -0.15) is 0 Å². The molecule has 4 aliphatic rings. The van der Waals surface area contributed by atoms with Gasteiger partial charge in [0.05, 0.1) is 18.1 Å². The van der Waals surface area contributed by atoms with Gasteiger partial charge in [-0.25, -0.2) is 4.79 Å². The van der Waals surface area contributed by atoms with E-state index in [4.69, 9.17) is 9.47 Å². The van der Waals surface area contributed by atoms with Crippen molar-refractivity contribution in [3.05, 3.63) is 0 Å². The summed E-state index contributed by atoms with van der Waals surface area (Å²) in [5.74, 6) is 1.29. The Balaban J connectivity index is 1.84. The number of nitrogens with zero attached hydrogens (tertiary/aromatic N) is 1. The molecule has 26 heavy (non-hydrogen) atoms. The van der Waals surface area contributed by atoms with Gasteiger partial charge in [0.1, 0.15) is 5.60 Å². The van der Waals surface area contributed by atoms with Crippen molar-refractivity contribution < 1.29 is 19.1 Å². The summed E-state index contributed by atoms with van der Waals surface area (Å²) in [5.41, 5.74) is -0.967. The maximum atomic E-state index is 13.0. The topological polar surface area (TPSA) is 55.8 Å². The molecule has 4 bridgehead atoms. The summed E-state index contributed by atoms with van der Waals surface area (Å²) >= 11 is 0. The maximum Gasteiger partial charge on any atom is 0.410 e. The smallest absolute Gasteiger partial charge is 0.410 e. The fourth-order valence-corrected chi connectivity index (χ4v) is 5.81. The minimum atomic E-state index is -0.537. The predicted octanol–water partition coefficient (Wildman–Crippen LogP) is 4.39. The van der Waals surface area contributed by atoms with E-state index in [1.54, 1.807) is 4.90 Å². The van der Waals surface area contributed by atoms with Crippen LogP contribution in [0.25, 0.3) is 0 Å². The number of hydrogen-bond acceptors (Lipinski definition) is 4. The fourth-order valence-electron chi connectivity index (χ4n) is 5.81. The van der Waals surface area contributed by atoms with Crippen molar-refractivity contribution in [2.75, 3.05) is 13.7 Å². The van der Waals surface area contributed by atoms with E-state index >= 15 is 0 Å². The zero-order valence-corrected chi connectivity index (χ0v) is 17.0. The first-order valence-corrected chi connectivity index (χ1v) is 10.3. The van der Waals surface area contributed by atoms with Crippen LogP contribution in [0.4, 0.5) is 4.79 Å². The lowest BCUT2D eigenvalue weighted by Crippen LogP contribution is -2.67. The highest BCUT2D eigenvalue weighted by molar-refractivity contribution is 5.77. The molecule has 4 saturated carbocycles. The van der Waals surface area contributed by atoms with E-state index in [2.05, 4.69) is 6.92 Å². The maximum absolute atomic E-state index is 13.0. The lowest BCUT2D eigenvalue weighted by Gasteiger charge is -2.62. The van der Waals surface area contributed by atoms with Crippen molar-refractivity contribution in [1.82, 2.24) is 4.90 Å². The Kier molecular flexibility index (Phi) is 5.28. The Bertz CT molecular complexity index is 539. The number of carbonyl (C=O) groups is 2. The molecule has 0 aromatic heterocycles. The Hall–Kier alpha value is -1.26.